The first-order valence-corrected chi connectivity index (χ1v) is 11.6. The number of rotatable bonds is 3. The van der Waals surface area contributed by atoms with E-state index in [0.717, 1.165) is 22.4 Å². The van der Waals surface area contributed by atoms with Crippen molar-refractivity contribution < 1.29 is 9.59 Å². The molecule has 2 amide bonds. The summed E-state index contributed by atoms with van der Waals surface area (Å²) in [5.74, 6) is 0.469. The molecule has 1 unspecified atom stereocenters. The fraction of sp³-hybridized carbons (Fsp3) is 0.200. The SMILES string of the molecule is Cc1ccc(C(=O)N2CCSC23C(=O)N(Cc2ccccc2)c2ccc(Cl)cc23)cc1. The number of hydrogen-bond acceptors (Lipinski definition) is 3. The van der Waals surface area contributed by atoms with Crippen molar-refractivity contribution in [2.75, 3.05) is 17.2 Å². The third-order valence-corrected chi connectivity index (χ3v) is 7.54. The van der Waals surface area contributed by atoms with Crippen LogP contribution in [-0.2, 0) is 16.2 Å². The van der Waals surface area contributed by atoms with Gasteiger partial charge in [0, 0.05) is 28.4 Å². The van der Waals surface area contributed by atoms with Crippen LogP contribution in [0.25, 0.3) is 0 Å². The molecule has 0 radical (unpaired) electrons. The van der Waals surface area contributed by atoms with Crippen molar-refractivity contribution >= 4 is 40.9 Å². The average Bonchev–Trinajstić information content (AvgIpc) is 3.32. The zero-order valence-electron chi connectivity index (χ0n) is 17.0. The van der Waals surface area contributed by atoms with Crippen LogP contribution >= 0.6 is 23.4 Å². The lowest BCUT2D eigenvalue weighted by molar-refractivity contribution is -0.123. The van der Waals surface area contributed by atoms with Gasteiger partial charge in [0.15, 0.2) is 4.87 Å². The predicted molar refractivity (Wildman–Crippen MR) is 125 cm³/mol. The first-order chi connectivity index (χ1) is 15.0. The lowest BCUT2D eigenvalue weighted by atomic mass is 10.0. The van der Waals surface area contributed by atoms with Crippen LogP contribution < -0.4 is 4.90 Å². The maximum atomic E-state index is 14.0. The summed E-state index contributed by atoms with van der Waals surface area (Å²) in [7, 11) is 0. The van der Waals surface area contributed by atoms with E-state index in [9.17, 15) is 9.59 Å². The van der Waals surface area contributed by atoms with Crippen molar-refractivity contribution in [3.63, 3.8) is 0 Å². The quantitative estimate of drug-likeness (QED) is 0.550. The number of anilines is 1. The van der Waals surface area contributed by atoms with Crippen LogP contribution in [0.5, 0.6) is 0 Å². The standard InChI is InChI=1S/C25H21ClN2O2S/c1-17-7-9-19(10-8-17)23(29)28-13-14-31-25(28)21-15-20(26)11-12-22(21)27(24(25)30)16-18-5-3-2-4-6-18/h2-12,15H,13-14,16H2,1H3. The number of nitrogens with zero attached hydrogens (tertiary/aromatic N) is 2. The molecule has 4 nitrogen and oxygen atoms in total. The van der Waals surface area contributed by atoms with Gasteiger partial charge in [-0.3, -0.25) is 9.59 Å². The van der Waals surface area contributed by atoms with Gasteiger partial charge in [-0.05, 0) is 42.8 Å². The number of halogens is 1. The van der Waals surface area contributed by atoms with E-state index in [4.69, 9.17) is 11.6 Å². The van der Waals surface area contributed by atoms with Crippen LogP contribution in [0.1, 0.15) is 27.0 Å². The molecule has 3 aromatic rings. The lowest BCUT2D eigenvalue weighted by Gasteiger charge is -2.33. The molecule has 1 saturated heterocycles. The number of hydrogen-bond donors (Lipinski definition) is 0. The van der Waals surface area contributed by atoms with Crippen molar-refractivity contribution in [2.24, 2.45) is 0 Å². The summed E-state index contributed by atoms with van der Waals surface area (Å²) in [5.41, 5.74) is 4.32. The number of carbonyl (C=O) groups excluding carboxylic acids is 2. The highest BCUT2D eigenvalue weighted by atomic mass is 35.5. The number of carbonyl (C=O) groups is 2. The molecule has 2 aliphatic heterocycles. The number of fused-ring (bicyclic) bond motifs is 2. The normalized spacial score (nSPS) is 19.9. The molecular weight excluding hydrogens is 428 g/mol. The summed E-state index contributed by atoms with van der Waals surface area (Å²) in [6.45, 7) is 2.94. The Hall–Kier alpha value is -2.76. The molecule has 2 aliphatic rings. The van der Waals surface area contributed by atoms with E-state index in [0.29, 0.717) is 29.4 Å². The van der Waals surface area contributed by atoms with Crippen molar-refractivity contribution in [1.29, 1.82) is 0 Å². The summed E-state index contributed by atoms with van der Waals surface area (Å²) in [6.07, 6.45) is 0. The van der Waals surface area contributed by atoms with Gasteiger partial charge in [-0.15, -0.1) is 11.8 Å². The Kier molecular flexibility index (Phi) is 5.03. The Labute approximate surface area is 190 Å². The molecule has 1 spiro atoms. The number of aryl methyl sites for hydroxylation is 1. The predicted octanol–water partition coefficient (Wildman–Crippen LogP) is 5.24. The van der Waals surface area contributed by atoms with E-state index >= 15 is 0 Å². The van der Waals surface area contributed by atoms with Crippen LogP contribution in [0.2, 0.25) is 5.02 Å². The van der Waals surface area contributed by atoms with Gasteiger partial charge < -0.3 is 9.80 Å². The number of thioether (sulfide) groups is 1. The molecule has 156 valence electrons. The second kappa shape index (κ2) is 7.74. The lowest BCUT2D eigenvalue weighted by Crippen LogP contribution is -2.50. The largest absolute Gasteiger partial charge is 0.311 e. The topological polar surface area (TPSA) is 40.6 Å². The minimum absolute atomic E-state index is 0.0865. The van der Waals surface area contributed by atoms with E-state index in [2.05, 4.69) is 0 Å². The van der Waals surface area contributed by atoms with Gasteiger partial charge >= 0.3 is 0 Å². The van der Waals surface area contributed by atoms with E-state index in [1.165, 1.54) is 11.8 Å². The van der Waals surface area contributed by atoms with Crippen LogP contribution in [-0.4, -0.2) is 29.0 Å². The highest BCUT2D eigenvalue weighted by molar-refractivity contribution is 8.01. The molecule has 1 fully saturated rings. The van der Waals surface area contributed by atoms with Crippen molar-refractivity contribution in [3.8, 4) is 0 Å². The fourth-order valence-electron chi connectivity index (χ4n) is 4.36. The Morgan fingerprint density at radius 1 is 1.06 bits per heavy atom. The monoisotopic (exact) mass is 448 g/mol. The van der Waals surface area contributed by atoms with Gasteiger partial charge in [0.25, 0.3) is 11.8 Å². The van der Waals surface area contributed by atoms with E-state index in [1.54, 1.807) is 15.9 Å². The summed E-state index contributed by atoms with van der Waals surface area (Å²) in [4.78, 5) is 29.9. The smallest absolute Gasteiger partial charge is 0.268 e. The van der Waals surface area contributed by atoms with Crippen molar-refractivity contribution in [1.82, 2.24) is 4.90 Å². The summed E-state index contributed by atoms with van der Waals surface area (Å²) >= 11 is 7.88. The van der Waals surface area contributed by atoms with Crippen LogP contribution in [0.4, 0.5) is 5.69 Å². The molecule has 2 heterocycles. The fourth-order valence-corrected chi connectivity index (χ4v) is 5.99. The molecule has 0 saturated carbocycles. The first kappa shape index (κ1) is 20.2. The number of amides is 2. The highest BCUT2D eigenvalue weighted by Crippen LogP contribution is 2.55. The maximum Gasteiger partial charge on any atom is 0.268 e. The Morgan fingerprint density at radius 3 is 2.55 bits per heavy atom. The maximum absolute atomic E-state index is 14.0. The second-order valence-corrected chi connectivity index (χ2v) is 9.58. The molecule has 6 heteroatoms. The second-order valence-electron chi connectivity index (χ2n) is 7.85. The molecule has 0 bridgehead atoms. The number of benzene rings is 3. The van der Waals surface area contributed by atoms with E-state index in [-0.39, 0.29) is 11.8 Å². The molecule has 0 aliphatic carbocycles. The van der Waals surface area contributed by atoms with Gasteiger partial charge in [-0.2, -0.15) is 0 Å². The summed E-state index contributed by atoms with van der Waals surface area (Å²) < 4.78 is 0. The molecule has 3 aromatic carbocycles. The van der Waals surface area contributed by atoms with E-state index in [1.807, 2.05) is 73.7 Å². The van der Waals surface area contributed by atoms with Gasteiger partial charge in [0.05, 0.1) is 12.2 Å². The molecular formula is C25H21ClN2O2S. The third kappa shape index (κ3) is 3.24. The Morgan fingerprint density at radius 2 is 1.81 bits per heavy atom. The van der Waals surface area contributed by atoms with Crippen LogP contribution in [0.15, 0.2) is 72.8 Å². The summed E-state index contributed by atoms with van der Waals surface area (Å²) in [5, 5.41) is 0.558. The van der Waals surface area contributed by atoms with Crippen molar-refractivity contribution in [3.05, 3.63) is 100 Å². The van der Waals surface area contributed by atoms with Gasteiger partial charge in [0.1, 0.15) is 0 Å². The Bertz CT molecular complexity index is 1170. The zero-order chi connectivity index (χ0) is 21.6. The molecule has 1 atom stereocenters. The molecule has 0 aromatic heterocycles. The zero-order valence-corrected chi connectivity index (χ0v) is 18.6. The van der Waals surface area contributed by atoms with Gasteiger partial charge in [-0.1, -0.05) is 59.6 Å². The summed E-state index contributed by atoms with van der Waals surface area (Å²) in [6, 6.07) is 22.9. The molecule has 31 heavy (non-hydrogen) atoms. The van der Waals surface area contributed by atoms with Gasteiger partial charge in [-0.25, -0.2) is 0 Å². The molecule has 0 N–H and O–H groups in total. The molecule has 5 rings (SSSR count). The van der Waals surface area contributed by atoms with Crippen molar-refractivity contribution in [2.45, 2.75) is 18.3 Å². The Balaban J connectivity index is 1.60. The minimum Gasteiger partial charge on any atom is -0.311 e. The van der Waals surface area contributed by atoms with Crippen LogP contribution in [0, 0.1) is 6.92 Å². The first-order valence-electron chi connectivity index (χ1n) is 10.2. The minimum atomic E-state index is -1.09. The third-order valence-electron chi connectivity index (χ3n) is 5.88. The van der Waals surface area contributed by atoms with Crippen LogP contribution in [0.3, 0.4) is 0 Å². The highest BCUT2D eigenvalue weighted by Gasteiger charge is 2.59. The van der Waals surface area contributed by atoms with Gasteiger partial charge in [0.2, 0.25) is 0 Å². The average molecular weight is 449 g/mol. The van der Waals surface area contributed by atoms with E-state index < -0.39 is 4.87 Å².